The first kappa shape index (κ1) is 12.4. The predicted octanol–water partition coefficient (Wildman–Crippen LogP) is 3.40. The van der Waals surface area contributed by atoms with Gasteiger partial charge < -0.3 is 11.1 Å². The van der Waals surface area contributed by atoms with Crippen LogP contribution in [0.15, 0.2) is 42.6 Å². The van der Waals surface area contributed by atoms with Crippen LogP contribution in [0, 0.1) is 5.92 Å². The summed E-state index contributed by atoms with van der Waals surface area (Å²) in [5.74, 6) is 1.53. The highest BCUT2D eigenvalue weighted by molar-refractivity contribution is 5.65. The van der Waals surface area contributed by atoms with E-state index >= 15 is 0 Å². The van der Waals surface area contributed by atoms with Crippen LogP contribution in [0.25, 0.3) is 11.1 Å². The Morgan fingerprint density at radius 1 is 1.06 bits per heavy atom. The lowest BCUT2D eigenvalue weighted by molar-refractivity contribution is 0.687. The zero-order valence-electron chi connectivity index (χ0n) is 10.9. The number of benzene rings is 1. The third-order valence-corrected chi connectivity index (χ3v) is 2.70. The Kier molecular flexibility index (Phi) is 3.82. The first-order valence-corrected chi connectivity index (χ1v) is 6.21. The third kappa shape index (κ3) is 3.23. The van der Waals surface area contributed by atoms with Crippen LogP contribution < -0.4 is 11.1 Å². The molecule has 0 fully saturated rings. The molecule has 0 bridgehead atoms. The number of nitrogens with one attached hydrogen (secondary N) is 1. The van der Waals surface area contributed by atoms with Crippen molar-refractivity contribution < 1.29 is 0 Å². The summed E-state index contributed by atoms with van der Waals surface area (Å²) >= 11 is 0. The van der Waals surface area contributed by atoms with Crippen molar-refractivity contribution >= 4 is 11.5 Å². The number of hydrogen-bond acceptors (Lipinski definition) is 3. The minimum Gasteiger partial charge on any atom is -0.399 e. The monoisotopic (exact) mass is 241 g/mol. The number of anilines is 2. The van der Waals surface area contributed by atoms with Gasteiger partial charge in [-0.3, -0.25) is 0 Å². The first-order valence-electron chi connectivity index (χ1n) is 6.21. The Hall–Kier alpha value is -2.03. The smallest absolute Gasteiger partial charge is 0.125 e. The fraction of sp³-hybridized carbons (Fsp3) is 0.267. The molecule has 0 spiro atoms. The van der Waals surface area contributed by atoms with Gasteiger partial charge in [-0.15, -0.1) is 0 Å². The highest BCUT2D eigenvalue weighted by Gasteiger charge is 2.00. The van der Waals surface area contributed by atoms with Crippen molar-refractivity contribution in [3.63, 3.8) is 0 Å². The van der Waals surface area contributed by atoms with Crippen molar-refractivity contribution in [2.45, 2.75) is 13.8 Å². The highest BCUT2D eigenvalue weighted by atomic mass is 15.0. The minimum atomic E-state index is 0.614. The zero-order valence-corrected chi connectivity index (χ0v) is 10.9. The lowest BCUT2D eigenvalue weighted by atomic mass is 10.1. The molecule has 1 heterocycles. The number of nitrogens with zero attached hydrogens (tertiary/aromatic N) is 1. The molecular formula is C15H19N3. The number of aromatic nitrogens is 1. The molecule has 3 N–H and O–H groups in total. The summed E-state index contributed by atoms with van der Waals surface area (Å²) in [6.45, 7) is 5.29. The van der Waals surface area contributed by atoms with Crippen LogP contribution in [-0.4, -0.2) is 11.5 Å². The molecule has 0 amide bonds. The van der Waals surface area contributed by atoms with E-state index in [4.69, 9.17) is 5.73 Å². The summed E-state index contributed by atoms with van der Waals surface area (Å²) in [4.78, 5) is 4.41. The van der Waals surface area contributed by atoms with Crippen molar-refractivity contribution in [2.24, 2.45) is 5.92 Å². The summed E-state index contributed by atoms with van der Waals surface area (Å²) in [5.41, 5.74) is 8.68. The largest absolute Gasteiger partial charge is 0.399 e. The maximum absolute atomic E-state index is 5.67. The van der Waals surface area contributed by atoms with Crippen molar-refractivity contribution in [1.82, 2.24) is 4.98 Å². The molecule has 0 atom stereocenters. The van der Waals surface area contributed by atoms with Gasteiger partial charge in [0.15, 0.2) is 0 Å². The second-order valence-electron chi connectivity index (χ2n) is 4.83. The van der Waals surface area contributed by atoms with Crippen LogP contribution in [-0.2, 0) is 0 Å². The molecule has 3 heteroatoms. The van der Waals surface area contributed by atoms with Crippen molar-refractivity contribution in [1.29, 1.82) is 0 Å². The number of pyridine rings is 1. The van der Waals surface area contributed by atoms with E-state index in [1.54, 1.807) is 0 Å². The first-order chi connectivity index (χ1) is 8.65. The maximum Gasteiger partial charge on any atom is 0.125 e. The van der Waals surface area contributed by atoms with Crippen LogP contribution >= 0.6 is 0 Å². The molecule has 0 aliphatic rings. The molecule has 0 saturated carbocycles. The number of nitrogen functional groups attached to an aromatic ring is 1. The summed E-state index contributed by atoms with van der Waals surface area (Å²) in [6.07, 6.45) is 1.88. The SMILES string of the molecule is CC(C)CNc1ccc(-c2ccc(N)cc2)cn1. The fourth-order valence-corrected chi connectivity index (χ4v) is 1.65. The Labute approximate surface area is 108 Å². The standard InChI is InChI=1S/C15H19N3/c1-11(2)9-17-15-8-5-13(10-18-15)12-3-6-14(16)7-4-12/h3-8,10-11H,9,16H2,1-2H3,(H,17,18). The summed E-state index contributed by atoms with van der Waals surface area (Å²) in [5, 5.41) is 3.30. The van der Waals surface area contributed by atoms with E-state index in [9.17, 15) is 0 Å². The second kappa shape index (κ2) is 5.54. The Morgan fingerprint density at radius 3 is 2.28 bits per heavy atom. The molecule has 0 unspecified atom stereocenters. The molecular weight excluding hydrogens is 222 g/mol. The molecule has 2 rings (SSSR count). The van der Waals surface area contributed by atoms with Gasteiger partial charge in [0.05, 0.1) is 0 Å². The summed E-state index contributed by atoms with van der Waals surface area (Å²) < 4.78 is 0. The van der Waals surface area contributed by atoms with E-state index in [-0.39, 0.29) is 0 Å². The maximum atomic E-state index is 5.67. The van der Waals surface area contributed by atoms with Gasteiger partial charge in [0.1, 0.15) is 5.82 Å². The van der Waals surface area contributed by atoms with Gasteiger partial charge in [0.2, 0.25) is 0 Å². The van der Waals surface area contributed by atoms with Gasteiger partial charge in [-0.05, 0) is 35.7 Å². The molecule has 94 valence electrons. The van der Waals surface area contributed by atoms with E-state index in [1.807, 2.05) is 36.5 Å². The van der Waals surface area contributed by atoms with E-state index in [2.05, 4.69) is 30.2 Å². The molecule has 0 radical (unpaired) electrons. The average molecular weight is 241 g/mol. The van der Waals surface area contributed by atoms with Gasteiger partial charge in [0, 0.05) is 24.0 Å². The van der Waals surface area contributed by atoms with E-state index in [0.29, 0.717) is 5.92 Å². The second-order valence-corrected chi connectivity index (χ2v) is 4.83. The average Bonchev–Trinajstić information content (AvgIpc) is 2.38. The van der Waals surface area contributed by atoms with Gasteiger partial charge in [-0.2, -0.15) is 0 Å². The lowest BCUT2D eigenvalue weighted by Crippen LogP contribution is -2.08. The molecule has 2 aromatic rings. The molecule has 1 aromatic heterocycles. The fourth-order valence-electron chi connectivity index (χ4n) is 1.65. The minimum absolute atomic E-state index is 0.614. The van der Waals surface area contributed by atoms with E-state index in [0.717, 1.165) is 29.2 Å². The quantitative estimate of drug-likeness (QED) is 0.807. The molecule has 0 aliphatic heterocycles. The normalized spacial score (nSPS) is 10.6. The highest BCUT2D eigenvalue weighted by Crippen LogP contribution is 2.20. The van der Waals surface area contributed by atoms with E-state index in [1.165, 1.54) is 0 Å². The van der Waals surface area contributed by atoms with Gasteiger partial charge in [-0.25, -0.2) is 4.98 Å². The molecule has 0 aliphatic carbocycles. The molecule has 0 saturated heterocycles. The van der Waals surface area contributed by atoms with Gasteiger partial charge in [-0.1, -0.05) is 26.0 Å². The van der Waals surface area contributed by atoms with Crippen LogP contribution in [0.5, 0.6) is 0 Å². The van der Waals surface area contributed by atoms with Crippen LogP contribution in [0.4, 0.5) is 11.5 Å². The number of nitrogens with two attached hydrogens (primary N) is 1. The summed E-state index contributed by atoms with van der Waals surface area (Å²) in [7, 11) is 0. The lowest BCUT2D eigenvalue weighted by Gasteiger charge is -2.08. The van der Waals surface area contributed by atoms with Crippen molar-refractivity contribution in [3.8, 4) is 11.1 Å². The van der Waals surface area contributed by atoms with Gasteiger partial charge in [0.25, 0.3) is 0 Å². The molecule has 18 heavy (non-hydrogen) atoms. The predicted molar refractivity (Wildman–Crippen MR) is 77.4 cm³/mol. The Balaban J connectivity index is 2.09. The van der Waals surface area contributed by atoms with Crippen LogP contribution in [0.2, 0.25) is 0 Å². The topological polar surface area (TPSA) is 50.9 Å². The number of rotatable bonds is 4. The molecule has 3 nitrogen and oxygen atoms in total. The van der Waals surface area contributed by atoms with Gasteiger partial charge >= 0.3 is 0 Å². The van der Waals surface area contributed by atoms with Crippen molar-refractivity contribution in [2.75, 3.05) is 17.6 Å². The number of hydrogen-bond donors (Lipinski definition) is 2. The molecule has 1 aromatic carbocycles. The summed E-state index contributed by atoms with van der Waals surface area (Å²) in [6, 6.07) is 11.9. The van der Waals surface area contributed by atoms with Crippen LogP contribution in [0.3, 0.4) is 0 Å². The van der Waals surface area contributed by atoms with E-state index < -0.39 is 0 Å². The zero-order chi connectivity index (χ0) is 13.0. The van der Waals surface area contributed by atoms with Crippen molar-refractivity contribution in [3.05, 3.63) is 42.6 Å². The van der Waals surface area contributed by atoms with Crippen LogP contribution in [0.1, 0.15) is 13.8 Å². The Morgan fingerprint density at radius 2 is 1.72 bits per heavy atom. The Bertz CT molecular complexity index is 486. The third-order valence-electron chi connectivity index (χ3n) is 2.70.